The Morgan fingerprint density at radius 1 is 1.17 bits per heavy atom. The second kappa shape index (κ2) is 4.98. The molecule has 2 heterocycles. The van der Waals surface area contributed by atoms with Gasteiger partial charge in [-0.15, -0.1) is 0 Å². The fourth-order valence-electron chi connectivity index (χ4n) is 3.35. The molecule has 0 saturated carbocycles. The van der Waals surface area contributed by atoms with Crippen molar-refractivity contribution in [3.63, 3.8) is 0 Å². The highest BCUT2D eigenvalue weighted by Crippen LogP contribution is 2.48. The van der Waals surface area contributed by atoms with E-state index in [2.05, 4.69) is 6.07 Å². The summed E-state index contributed by atoms with van der Waals surface area (Å²) in [6.45, 7) is 3.71. The zero-order valence-electron chi connectivity index (χ0n) is 12.9. The molecule has 1 aliphatic carbocycles. The summed E-state index contributed by atoms with van der Waals surface area (Å²) in [5, 5.41) is 0. The molecular formula is C18H16O5. The van der Waals surface area contributed by atoms with Crippen molar-refractivity contribution < 1.29 is 23.8 Å². The maximum Gasteiger partial charge on any atom is 0.338 e. The van der Waals surface area contributed by atoms with Gasteiger partial charge in [0, 0.05) is 17.6 Å². The molecule has 2 aliphatic heterocycles. The number of ether oxygens (including phenoxy) is 3. The number of carbonyl (C=O) groups excluding carboxylic acids is 2. The van der Waals surface area contributed by atoms with Crippen LogP contribution >= 0.6 is 0 Å². The van der Waals surface area contributed by atoms with E-state index in [0.29, 0.717) is 11.1 Å². The number of esters is 2. The van der Waals surface area contributed by atoms with Crippen LogP contribution in [0.2, 0.25) is 0 Å². The van der Waals surface area contributed by atoms with Crippen LogP contribution in [0.15, 0.2) is 41.7 Å². The van der Waals surface area contributed by atoms with Crippen molar-refractivity contribution in [1.82, 2.24) is 0 Å². The molecule has 0 spiro atoms. The van der Waals surface area contributed by atoms with Gasteiger partial charge in [0.25, 0.3) is 6.29 Å². The number of cyclic esters (lactones) is 1. The number of benzene rings is 1. The normalized spacial score (nSPS) is 29.9. The van der Waals surface area contributed by atoms with E-state index in [9.17, 15) is 9.59 Å². The third-order valence-corrected chi connectivity index (χ3v) is 4.54. The topological polar surface area (TPSA) is 61.8 Å². The molecule has 3 atom stereocenters. The first kappa shape index (κ1) is 14.1. The average molecular weight is 312 g/mol. The quantitative estimate of drug-likeness (QED) is 0.477. The standard InChI is InChI=1S/C18H16O5/c1-9-3-4-12-11(5-9)7-13-14(18(20)23-16(12)13)8-21-15-6-10(2)17(19)22-15/h3-6,8,13,15-16H,7H2,1-2H3/b14-8+/t13-,15+,16-/m1/s1. The Hall–Kier alpha value is -2.56. The predicted octanol–water partition coefficient (Wildman–Crippen LogP) is 2.49. The van der Waals surface area contributed by atoms with Gasteiger partial charge >= 0.3 is 11.9 Å². The van der Waals surface area contributed by atoms with Crippen LogP contribution < -0.4 is 0 Å². The molecule has 0 unspecified atom stereocenters. The van der Waals surface area contributed by atoms with Gasteiger partial charge in [0.15, 0.2) is 0 Å². The third-order valence-electron chi connectivity index (χ3n) is 4.54. The Kier molecular flexibility index (Phi) is 3.04. The minimum Gasteiger partial charge on any atom is -0.458 e. The second-order valence-electron chi connectivity index (χ2n) is 6.17. The first-order valence-electron chi connectivity index (χ1n) is 7.58. The fourth-order valence-corrected chi connectivity index (χ4v) is 3.35. The lowest BCUT2D eigenvalue weighted by Gasteiger charge is -2.09. The summed E-state index contributed by atoms with van der Waals surface area (Å²) in [7, 11) is 0. The van der Waals surface area contributed by atoms with E-state index in [-0.39, 0.29) is 18.0 Å². The maximum atomic E-state index is 12.1. The Bertz CT molecular complexity index is 774. The maximum absolute atomic E-state index is 12.1. The molecule has 118 valence electrons. The largest absolute Gasteiger partial charge is 0.458 e. The van der Waals surface area contributed by atoms with Gasteiger partial charge in [-0.1, -0.05) is 23.8 Å². The van der Waals surface area contributed by atoms with Gasteiger partial charge in [-0.25, -0.2) is 9.59 Å². The van der Waals surface area contributed by atoms with Gasteiger partial charge < -0.3 is 14.2 Å². The monoisotopic (exact) mass is 312 g/mol. The lowest BCUT2D eigenvalue weighted by atomic mass is 9.98. The number of aryl methyl sites for hydroxylation is 1. The number of hydrogen-bond donors (Lipinski definition) is 0. The number of hydrogen-bond acceptors (Lipinski definition) is 5. The van der Waals surface area contributed by atoms with E-state index in [1.807, 2.05) is 19.1 Å². The summed E-state index contributed by atoms with van der Waals surface area (Å²) in [6.07, 6.45) is 2.72. The predicted molar refractivity (Wildman–Crippen MR) is 80.0 cm³/mol. The molecule has 1 fully saturated rings. The Morgan fingerprint density at radius 3 is 2.74 bits per heavy atom. The molecule has 0 radical (unpaired) electrons. The van der Waals surface area contributed by atoms with E-state index in [0.717, 1.165) is 12.0 Å². The van der Waals surface area contributed by atoms with Gasteiger partial charge in [-0.2, -0.15) is 0 Å². The summed E-state index contributed by atoms with van der Waals surface area (Å²) in [5.41, 5.74) is 4.47. The minimum atomic E-state index is -0.770. The second-order valence-corrected chi connectivity index (χ2v) is 6.17. The molecule has 5 heteroatoms. The van der Waals surface area contributed by atoms with Crippen LogP contribution in [0.3, 0.4) is 0 Å². The van der Waals surface area contributed by atoms with E-state index >= 15 is 0 Å². The van der Waals surface area contributed by atoms with Crippen molar-refractivity contribution in [2.75, 3.05) is 0 Å². The van der Waals surface area contributed by atoms with E-state index < -0.39 is 12.3 Å². The van der Waals surface area contributed by atoms with Gasteiger partial charge in [-0.3, -0.25) is 0 Å². The molecule has 5 nitrogen and oxygen atoms in total. The first-order chi connectivity index (χ1) is 11.0. The SMILES string of the molecule is CC1=C[C@@H](O/C=C2/C(=O)O[C@@H]3c4ccc(C)cc4C[C@H]23)OC1=O. The van der Waals surface area contributed by atoms with E-state index in [1.54, 1.807) is 13.0 Å². The number of carbonyl (C=O) groups is 2. The highest BCUT2D eigenvalue weighted by molar-refractivity contribution is 5.92. The molecule has 0 bridgehead atoms. The molecule has 1 saturated heterocycles. The zero-order chi connectivity index (χ0) is 16.1. The summed E-state index contributed by atoms with van der Waals surface area (Å²) in [6, 6.07) is 6.18. The Labute approximate surface area is 133 Å². The van der Waals surface area contributed by atoms with Crippen molar-refractivity contribution in [3.8, 4) is 0 Å². The first-order valence-corrected chi connectivity index (χ1v) is 7.58. The molecule has 0 N–H and O–H groups in total. The number of rotatable bonds is 2. The van der Waals surface area contributed by atoms with Gasteiger partial charge in [0.1, 0.15) is 6.10 Å². The van der Waals surface area contributed by atoms with Crippen LogP contribution in [0.1, 0.15) is 29.7 Å². The van der Waals surface area contributed by atoms with Crippen LogP contribution in [-0.4, -0.2) is 18.2 Å². The number of fused-ring (bicyclic) bond motifs is 3. The van der Waals surface area contributed by atoms with Crippen molar-refractivity contribution >= 4 is 11.9 Å². The highest BCUT2D eigenvalue weighted by atomic mass is 16.7. The van der Waals surface area contributed by atoms with E-state index in [1.165, 1.54) is 17.4 Å². The average Bonchev–Trinajstić information content (AvgIpc) is 3.09. The van der Waals surface area contributed by atoms with Crippen molar-refractivity contribution in [2.45, 2.75) is 32.7 Å². The van der Waals surface area contributed by atoms with Crippen LogP contribution in [-0.2, 0) is 30.2 Å². The lowest BCUT2D eigenvalue weighted by molar-refractivity contribution is -0.152. The summed E-state index contributed by atoms with van der Waals surface area (Å²) in [5.74, 6) is -0.804. The zero-order valence-corrected chi connectivity index (χ0v) is 12.9. The Balaban J connectivity index is 1.56. The van der Waals surface area contributed by atoms with Crippen molar-refractivity contribution in [3.05, 3.63) is 58.4 Å². The van der Waals surface area contributed by atoms with Crippen molar-refractivity contribution in [2.24, 2.45) is 5.92 Å². The fraction of sp³-hybridized carbons (Fsp3) is 0.333. The van der Waals surface area contributed by atoms with Gasteiger partial charge in [-0.05, 0) is 31.4 Å². The van der Waals surface area contributed by atoms with Crippen LogP contribution in [0.25, 0.3) is 0 Å². The van der Waals surface area contributed by atoms with Crippen LogP contribution in [0.5, 0.6) is 0 Å². The van der Waals surface area contributed by atoms with Gasteiger partial charge in [0.2, 0.25) is 0 Å². The third kappa shape index (κ3) is 2.23. The smallest absolute Gasteiger partial charge is 0.338 e. The molecule has 23 heavy (non-hydrogen) atoms. The van der Waals surface area contributed by atoms with Gasteiger partial charge in [0.05, 0.1) is 11.8 Å². The molecule has 3 aliphatic rings. The summed E-state index contributed by atoms with van der Waals surface area (Å²) < 4.78 is 16.0. The minimum absolute atomic E-state index is 0.0403. The van der Waals surface area contributed by atoms with E-state index in [4.69, 9.17) is 14.2 Å². The van der Waals surface area contributed by atoms with Crippen LogP contribution in [0.4, 0.5) is 0 Å². The summed E-state index contributed by atoms with van der Waals surface area (Å²) in [4.78, 5) is 23.4. The lowest BCUT2D eigenvalue weighted by Crippen LogP contribution is -2.11. The van der Waals surface area contributed by atoms with Crippen molar-refractivity contribution in [1.29, 1.82) is 0 Å². The molecule has 0 amide bonds. The Morgan fingerprint density at radius 2 is 2.00 bits per heavy atom. The molecule has 0 aromatic heterocycles. The molecule has 1 aromatic rings. The molecule has 1 aromatic carbocycles. The molecular weight excluding hydrogens is 296 g/mol. The molecule has 4 rings (SSSR count). The van der Waals surface area contributed by atoms with Crippen LogP contribution in [0, 0.1) is 12.8 Å². The summed E-state index contributed by atoms with van der Waals surface area (Å²) >= 11 is 0. The highest BCUT2D eigenvalue weighted by Gasteiger charge is 2.46.